The molecule has 0 aliphatic carbocycles. The van der Waals surface area contributed by atoms with Crippen LogP contribution in [0.3, 0.4) is 0 Å². The molecule has 1 atom stereocenters. The standard InChI is InChI=1S/C14H18N2OS/c1-4-12-13(9(2)15)18-14(16-12)10-6-5-7-11(8-10)17-3/h5-9H,4,15H2,1-3H3. The Labute approximate surface area is 112 Å². The monoisotopic (exact) mass is 262 g/mol. The second-order valence-electron chi connectivity index (χ2n) is 4.20. The van der Waals surface area contributed by atoms with Gasteiger partial charge in [-0.3, -0.25) is 0 Å². The zero-order valence-electron chi connectivity index (χ0n) is 10.9. The smallest absolute Gasteiger partial charge is 0.124 e. The van der Waals surface area contributed by atoms with E-state index in [2.05, 4.69) is 11.9 Å². The number of nitrogens with two attached hydrogens (primary N) is 1. The van der Waals surface area contributed by atoms with Crippen molar-refractivity contribution < 1.29 is 4.74 Å². The van der Waals surface area contributed by atoms with Gasteiger partial charge in [-0.05, 0) is 25.5 Å². The Morgan fingerprint density at radius 3 is 2.78 bits per heavy atom. The molecular formula is C14H18N2OS. The summed E-state index contributed by atoms with van der Waals surface area (Å²) in [6.07, 6.45) is 0.914. The highest BCUT2D eigenvalue weighted by molar-refractivity contribution is 7.15. The van der Waals surface area contributed by atoms with Crippen molar-refractivity contribution >= 4 is 11.3 Å². The summed E-state index contributed by atoms with van der Waals surface area (Å²) in [5, 5.41) is 1.01. The zero-order valence-corrected chi connectivity index (χ0v) is 11.8. The minimum Gasteiger partial charge on any atom is -0.497 e. The third-order valence-corrected chi connectivity index (χ3v) is 4.14. The molecule has 1 aromatic carbocycles. The van der Waals surface area contributed by atoms with E-state index < -0.39 is 0 Å². The van der Waals surface area contributed by atoms with Crippen LogP contribution in [0.2, 0.25) is 0 Å². The Hall–Kier alpha value is -1.39. The summed E-state index contributed by atoms with van der Waals surface area (Å²) >= 11 is 1.67. The van der Waals surface area contributed by atoms with Crippen molar-refractivity contribution in [2.75, 3.05) is 7.11 Å². The largest absolute Gasteiger partial charge is 0.497 e. The molecule has 1 aromatic heterocycles. The number of ether oxygens (including phenoxy) is 1. The topological polar surface area (TPSA) is 48.1 Å². The molecule has 96 valence electrons. The van der Waals surface area contributed by atoms with Gasteiger partial charge >= 0.3 is 0 Å². The molecule has 0 amide bonds. The average molecular weight is 262 g/mol. The van der Waals surface area contributed by atoms with Crippen molar-refractivity contribution in [1.29, 1.82) is 0 Å². The molecule has 0 aliphatic rings. The first-order valence-corrected chi connectivity index (χ1v) is 6.87. The van der Waals surface area contributed by atoms with Crippen LogP contribution in [-0.2, 0) is 6.42 Å². The molecule has 0 fully saturated rings. The minimum atomic E-state index is 0.0387. The molecule has 4 heteroatoms. The second-order valence-corrected chi connectivity index (χ2v) is 5.23. The van der Waals surface area contributed by atoms with E-state index in [0.717, 1.165) is 28.4 Å². The van der Waals surface area contributed by atoms with Crippen molar-refractivity contribution in [3.8, 4) is 16.3 Å². The molecule has 1 unspecified atom stereocenters. The quantitative estimate of drug-likeness (QED) is 0.918. The number of rotatable bonds is 4. The normalized spacial score (nSPS) is 12.4. The number of benzene rings is 1. The number of nitrogens with zero attached hydrogens (tertiary/aromatic N) is 1. The first-order chi connectivity index (χ1) is 8.65. The van der Waals surface area contributed by atoms with Gasteiger partial charge in [0, 0.05) is 16.5 Å². The number of aryl methyl sites for hydroxylation is 1. The van der Waals surface area contributed by atoms with Crippen LogP contribution in [-0.4, -0.2) is 12.1 Å². The second kappa shape index (κ2) is 5.50. The van der Waals surface area contributed by atoms with Gasteiger partial charge in [0.25, 0.3) is 0 Å². The van der Waals surface area contributed by atoms with Gasteiger partial charge in [-0.1, -0.05) is 19.1 Å². The van der Waals surface area contributed by atoms with Gasteiger partial charge in [-0.25, -0.2) is 4.98 Å². The predicted octanol–water partition coefficient (Wildman–Crippen LogP) is 3.40. The van der Waals surface area contributed by atoms with E-state index in [1.165, 1.54) is 4.88 Å². The number of aromatic nitrogens is 1. The Morgan fingerprint density at radius 1 is 1.44 bits per heavy atom. The van der Waals surface area contributed by atoms with Gasteiger partial charge in [0.05, 0.1) is 12.8 Å². The van der Waals surface area contributed by atoms with E-state index in [0.29, 0.717) is 0 Å². The van der Waals surface area contributed by atoms with Gasteiger partial charge < -0.3 is 10.5 Å². The number of thiazole rings is 1. The third-order valence-electron chi connectivity index (χ3n) is 2.79. The van der Waals surface area contributed by atoms with Gasteiger partial charge in [-0.2, -0.15) is 0 Å². The fourth-order valence-electron chi connectivity index (χ4n) is 1.85. The molecule has 2 N–H and O–H groups in total. The SMILES string of the molecule is CCc1nc(-c2cccc(OC)c2)sc1C(C)N. The molecule has 18 heavy (non-hydrogen) atoms. The van der Waals surface area contributed by atoms with Gasteiger partial charge in [0.15, 0.2) is 0 Å². The van der Waals surface area contributed by atoms with Gasteiger partial charge in [-0.15, -0.1) is 11.3 Å². The maximum atomic E-state index is 5.98. The summed E-state index contributed by atoms with van der Waals surface area (Å²) in [5.74, 6) is 0.850. The molecule has 2 aromatic rings. The lowest BCUT2D eigenvalue weighted by Gasteiger charge is -2.02. The van der Waals surface area contributed by atoms with Crippen molar-refractivity contribution in [2.24, 2.45) is 5.73 Å². The van der Waals surface area contributed by atoms with Crippen LogP contribution in [0.25, 0.3) is 10.6 Å². The molecule has 0 radical (unpaired) electrons. The van der Waals surface area contributed by atoms with Crippen LogP contribution < -0.4 is 10.5 Å². The first-order valence-electron chi connectivity index (χ1n) is 6.05. The summed E-state index contributed by atoms with van der Waals surface area (Å²) in [5.41, 5.74) is 8.17. The van der Waals surface area contributed by atoms with Crippen molar-refractivity contribution in [2.45, 2.75) is 26.3 Å². The molecule has 0 bridgehead atoms. The lowest BCUT2D eigenvalue weighted by Crippen LogP contribution is -2.05. The summed E-state index contributed by atoms with van der Waals surface area (Å²) in [7, 11) is 1.67. The van der Waals surface area contributed by atoms with E-state index in [4.69, 9.17) is 10.5 Å². The summed E-state index contributed by atoms with van der Waals surface area (Å²) in [6.45, 7) is 4.11. The molecule has 0 saturated carbocycles. The lowest BCUT2D eigenvalue weighted by molar-refractivity contribution is 0.415. The number of hydrogen-bond acceptors (Lipinski definition) is 4. The Balaban J connectivity index is 2.44. The highest BCUT2D eigenvalue weighted by atomic mass is 32.1. The minimum absolute atomic E-state index is 0.0387. The number of hydrogen-bond donors (Lipinski definition) is 1. The number of methoxy groups -OCH3 is 1. The van der Waals surface area contributed by atoms with Crippen LogP contribution in [0.1, 0.15) is 30.5 Å². The fraction of sp³-hybridized carbons (Fsp3) is 0.357. The van der Waals surface area contributed by atoms with Crippen molar-refractivity contribution in [1.82, 2.24) is 4.98 Å². The van der Waals surface area contributed by atoms with Gasteiger partial charge in [0.1, 0.15) is 10.8 Å². The van der Waals surface area contributed by atoms with E-state index in [-0.39, 0.29) is 6.04 Å². The maximum absolute atomic E-state index is 5.98. The van der Waals surface area contributed by atoms with Crippen molar-refractivity contribution in [3.05, 3.63) is 34.8 Å². The maximum Gasteiger partial charge on any atom is 0.124 e. The Kier molecular flexibility index (Phi) is 3.99. The van der Waals surface area contributed by atoms with E-state index in [9.17, 15) is 0 Å². The Morgan fingerprint density at radius 2 is 2.22 bits per heavy atom. The van der Waals surface area contributed by atoms with Crippen molar-refractivity contribution in [3.63, 3.8) is 0 Å². The summed E-state index contributed by atoms with van der Waals surface area (Å²) < 4.78 is 5.24. The zero-order chi connectivity index (χ0) is 13.1. The predicted molar refractivity (Wildman–Crippen MR) is 76.1 cm³/mol. The molecule has 0 saturated heterocycles. The van der Waals surface area contributed by atoms with Crippen LogP contribution in [0.5, 0.6) is 5.75 Å². The molecule has 3 nitrogen and oxygen atoms in total. The van der Waals surface area contributed by atoms with E-state index >= 15 is 0 Å². The molecule has 0 aliphatic heterocycles. The van der Waals surface area contributed by atoms with Crippen LogP contribution in [0, 0.1) is 0 Å². The molecular weight excluding hydrogens is 244 g/mol. The highest BCUT2D eigenvalue weighted by Gasteiger charge is 2.14. The van der Waals surface area contributed by atoms with Crippen LogP contribution in [0.15, 0.2) is 24.3 Å². The molecule has 0 spiro atoms. The third kappa shape index (κ3) is 2.54. The molecule has 1 heterocycles. The first kappa shape index (κ1) is 13.1. The van der Waals surface area contributed by atoms with Gasteiger partial charge in [0.2, 0.25) is 0 Å². The lowest BCUT2D eigenvalue weighted by atomic mass is 10.2. The highest BCUT2D eigenvalue weighted by Crippen LogP contribution is 2.32. The summed E-state index contributed by atoms with van der Waals surface area (Å²) in [4.78, 5) is 5.85. The van der Waals surface area contributed by atoms with Crippen LogP contribution >= 0.6 is 11.3 Å². The fourth-order valence-corrected chi connectivity index (χ4v) is 2.95. The van der Waals surface area contributed by atoms with Crippen LogP contribution in [0.4, 0.5) is 0 Å². The summed E-state index contributed by atoms with van der Waals surface area (Å²) in [6, 6.07) is 8.00. The molecule has 2 rings (SSSR count). The Bertz CT molecular complexity index is 534. The van der Waals surface area contributed by atoms with E-state index in [1.54, 1.807) is 18.4 Å². The van der Waals surface area contributed by atoms with E-state index in [1.807, 2.05) is 31.2 Å². The average Bonchev–Trinajstić information content (AvgIpc) is 2.83.